The van der Waals surface area contributed by atoms with Gasteiger partial charge in [-0.1, -0.05) is 20.8 Å². The molecule has 2 N–H and O–H groups in total. The van der Waals surface area contributed by atoms with Crippen LogP contribution in [-0.2, 0) is 9.47 Å². The number of nitrogens with one attached hydrogen (secondary N) is 2. The highest BCUT2D eigenvalue weighted by Gasteiger charge is 2.24. The van der Waals surface area contributed by atoms with Crippen LogP contribution in [0.1, 0.15) is 20.8 Å². The van der Waals surface area contributed by atoms with Gasteiger partial charge in [0.15, 0.2) is 5.96 Å². The predicted octanol–water partition coefficient (Wildman–Crippen LogP) is 0.859. The maximum Gasteiger partial charge on any atom is 0.191 e. The van der Waals surface area contributed by atoms with Gasteiger partial charge in [-0.2, -0.15) is 0 Å². The van der Waals surface area contributed by atoms with Crippen LogP contribution in [-0.4, -0.2) is 53.0 Å². The number of aliphatic imine (C=N–C) groups is 1. The Morgan fingerprint density at radius 2 is 1.88 bits per heavy atom. The van der Waals surface area contributed by atoms with Crippen LogP contribution in [0.4, 0.5) is 0 Å². The number of hydrogen-bond acceptors (Lipinski definition) is 3. The summed E-state index contributed by atoms with van der Waals surface area (Å²) in [6, 6.07) is 0. The monoisotopic (exact) mass is 245 g/mol. The summed E-state index contributed by atoms with van der Waals surface area (Å²) in [5.74, 6) is 0.772. The third-order valence-corrected chi connectivity index (χ3v) is 2.53. The zero-order chi connectivity index (χ0) is 13.3. The molecule has 0 saturated heterocycles. The van der Waals surface area contributed by atoms with Gasteiger partial charge in [0.25, 0.3) is 0 Å². The number of guanidine groups is 1. The Morgan fingerprint density at radius 1 is 1.24 bits per heavy atom. The molecule has 5 heteroatoms. The average Bonchev–Trinajstić information content (AvgIpc) is 2.26. The third kappa shape index (κ3) is 7.18. The van der Waals surface area contributed by atoms with Gasteiger partial charge < -0.3 is 20.1 Å². The van der Waals surface area contributed by atoms with Crippen molar-refractivity contribution in [3.05, 3.63) is 0 Å². The van der Waals surface area contributed by atoms with Crippen molar-refractivity contribution in [1.29, 1.82) is 0 Å². The summed E-state index contributed by atoms with van der Waals surface area (Å²) < 4.78 is 10.4. The molecule has 0 aromatic rings. The van der Waals surface area contributed by atoms with Crippen molar-refractivity contribution in [3.63, 3.8) is 0 Å². The Balaban J connectivity index is 4.05. The first-order valence-corrected chi connectivity index (χ1v) is 5.92. The molecular weight excluding hydrogens is 218 g/mol. The van der Waals surface area contributed by atoms with Gasteiger partial charge in [0, 0.05) is 34.4 Å². The summed E-state index contributed by atoms with van der Waals surface area (Å²) in [6.07, 6.45) is 0.142. The molecule has 17 heavy (non-hydrogen) atoms. The largest absolute Gasteiger partial charge is 0.383 e. The number of ether oxygens (including phenoxy) is 2. The van der Waals surface area contributed by atoms with Gasteiger partial charge in [-0.3, -0.25) is 4.99 Å². The summed E-state index contributed by atoms with van der Waals surface area (Å²) in [5, 5.41) is 6.40. The number of methoxy groups -OCH3 is 2. The molecule has 1 atom stereocenters. The van der Waals surface area contributed by atoms with Crippen molar-refractivity contribution < 1.29 is 9.47 Å². The molecule has 102 valence electrons. The molecule has 0 radical (unpaired) electrons. The van der Waals surface area contributed by atoms with Crippen molar-refractivity contribution in [2.45, 2.75) is 26.9 Å². The molecule has 0 bridgehead atoms. The van der Waals surface area contributed by atoms with E-state index >= 15 is 0 Å². The van der Waals surface area contributed by atoms with Crippen molar-refractivity contribution in [3.8, 4) is 0 Å². The van der Waals surface area contributed by atoms with E-state index in [2.05, 4.69) is 36.4 Å². The van der Waals surface area contributed by atoms with E-state index in [9.17, 15) is 0 Å². The minimum absolute atomic E-state index is 0.104. The van der Waals surface area contributed by atoms with Gasteiger partial charge in [0.2, 0.25) is 0 Å². The Morgan fingerprint density at radius 3 is 2.29 bits per heavy atom. The highest BCUT2D eigenvalue weighted by molar-refractivity contribution is 5.79. The third-order valence-electron chi connectivity index (χ3n) is 2.53. The Kier molecular flexibility index (Phi) is 7.91. The maximum absolute atomic E-state index is 5.47. The molecule has 0 amide bonds. The van der Waals surface area contributed by atoms with Gasteiger partial charge in [-0.05, 0) is 5.41 Å². The highest BCUT2D eigenvalue weighted by atomic mass is 16.5. The Labute approximate surface area is 105 Å². The van der Waals surface area contributed by atoms with Crippen LogP contribution < -0.4 is 10.6 Å². The van der Waals surface area contributed by atoms with Crippen molar-refractivity contribution in [1.82, 2.24) is 10.6 Å². The lowest BCUT2D eigenvalue weighted by Crippen LogP contribution is -2.45. The Bertz CT molecular complexity index is 224. The fourth-order valence-electron chi connectivity index (χ4n) is 1.42. The lowest BCUT2D eigenvalue weighted by Gasteiger charge is -2.30. The summed E-state index contributed by atoms with van der Waals surface area (Å²) in [4.78, 5) is 4.13. The summed E-state index contributed by atoms with van der Waals surface area (Å²) in [7, 11) is 5.16. The molecular formula is C12H27N3O2. The first-order chi connectivity index (χ1) is 7.95. The SMILES string of the molecule is CN=C(NCCOC)NCC(OC)C(C)(C)C. The second kappa shape index (κ2) is 8.31. The van der Waals surface area contributed by atoms with E-state index in [1.807, 2.05) is 0 Å². The van der Waals surface area contributed by atoms with Crippen LogP contribution in [0.2, 0.25) is 0 Å². The normalized spacial score (nSPS) is 14.6. The summed E-state index contributed by atoms with van der Waals surface area (Å²) in [6.45, 7) is 8.60. The van der Waals surface area contributed by atoms with Crippen LogP contribution in [0.3, 0.4) is 0 Å². The minimum Gasteiger partial charge on any atom is -0.383 e. The number of nitrogens with zero attached hydrogens (tertiary/aromatic N) is 1. The lowest BCUT2D eigenvalue weighted by molar-refractivity contribution is 0.0205. The highest BCUT2D eigenvalue weighted by Crippen LogP contribution is 2.20. The smallest absolute Gasteiger partial charge is 0.191 e. The van der Waals surface area contributed by atoms with E-state index in [0.717, 1.165) is 19.0 Å². The van der Waals surface area contributed by atoms with E-state index in [-0.39, 0.29) is 11.5 Å². The predicted molar refractivity (Wildman–Crippen MR) is 71.5 cm³/mol. The molecule has 0 spiro atoms. The fraction of sp³-hybridized carbons (Fsp3) is 0.917. The first kappa shape index (κ1) is 16.2. The van der Waals surface area contributed by atoms with Crippen molar-refractivity contribution in [2.24, 2.45) is 10.4 Å². The van der Waals surface area contributed by atoms with Crippen LogP contribution in [0, 0.1) is 5.41 Å². The standard InChI is InChI=1S/C12H27N3O2/c1-12(2,3)10(17-6)9-15-11(13-4)14-7-8-16-5/h10H,7-9H2,1-6H3,(H2,13,14,15). The molecule has 0 heterocycles. The van der Waals surface area contributed by atoms with Crippen LogP contribution in [0.5, 0.6) is 0 Å². The molecule has 0 aliphatic rings. The minimum atomic E-state index is 0.104. The Hall–Kier alpha value is -0.810. The number of rotatable bonds is 6. The molecule has 0 aliphatic heterocycles. The van der Waals surface area contributed by atoms with Crippen LogP contribution in [0.15, 0.2) is 4.99 Å². The van der Waals surface area contributed by atoms with Gasteiger partial charge in [0.05, 0.1) is 12.7 Å². The van der Waals surface area contributed by atoms with E-state index < -0.39 is 0 Å². The van der Waals surface area contributed by atoms with Gasteiger partial charge in [0.1, 0.15) is 0 Å². The van der Waals surface area contributed by atoms with E-state index in [4.69, 9.17) is 9.47 Å². The van der Waals surface area contributed by atoms with Crippen LogP contribution >= 0.6 is 0 Å². The fourth-order valence-corrected chi connectivity index (χ4v) is 1.42. The molecule has 0 saturated carbocycles. The summed E-state index contributed by atoms with van der Waals surface area (Å²) in [5.41, 5.74) is 0.104. The maximum atomic E-state index is 5.47. The molecule has 0 aromatic carbocycles. The van der Waals surface area contributed by atoms with Crippen LogP contribution in [0.25, 0.3) is 0 Å². The summed E-state index contributed by atoms with van der Waals surface area (Å²) >= 11 is 0. The molecule has 0 aliphatic carbocycles. The van der Waals surface area contributed by atoms with Crippen molar-refractivity contribution in [2.75, 3.05) is 41.0 Å². The quantitative estimate of drug-likeness (QED) is 0.414. The van der Waals surface area contributed by atoms with E-state index in [0.29, 0.717) is 6.61 Å². The van der Waals surface area contributed by atoms with Gasteiger partial charge >= 0.3 is 0 Å². The zero-order valence-electron chi connectivity index (χ0n) is 12.0. The molecule has 1 unspecified atom stereocenters. The second-order valence-electron chi connectivity index (χ2n) is 4.96. The van der Waals surface area contributed by atoms with Gasteiger partial charge in [-0.15, -0.1) is 0 Å². The van der Waals surface area contributed by atoms with E-state index in [1.165, 1.54) is 0 Å². The topological polar surface area (TPSA) is 54.9 Å². The first-order valence-electron chi connectivity index (χ1n) is 5.92. The van der Waals surface area contributed by atoms with E-state index in [1.54, 1.807) is 21.3 Å². The van der Waals surface area contributed by atoms with Gasteiger partial charge in [-0.25, -0.2) is 0 Å². The number of hydrogen-bond donors (Lipinski definition) is 2. The lowest BCUT2D eigenvalue weighted by atomic mass is 9.89. The second-order valence-corrected chi connectivity index (χ2v) is 4.96. The molecule has 0 aromatic heterocycles. The zero-order valence-corrected chi connectivity index (χ0v) is 12.0. The molecule has 0 fully saturated rings. The average molecular weight is 245 g/mol. The molecule has 0 rings (SSSR count). The molecule has 5 nitrogen and oxygen atoms in total. The van der Waals surface area contributed by atoms with Crippen molar-refractivity contribution >= 4 is 5.96 Å².